The predicted molar refractivity (Wildman–Crippen MR) is 63.5 cm³/mol. The molecule has 14 heavy (non-hydrogen) atoms. The van der Waals surface area contributed by atoms with Gasteiger partial charge in [-0.15, -0.1) is 0 Å². The van der Waals surface area contributed by atoms with Crippen molar-refractivity contribution in [2.24, 2.45) is 7.05 Å². The molecule has 0 amide bonds. The van der Waals surface area contributed by atoms with Crippen molar-refractivity contribution in [3.63, 3.8) is 0 Å². The molecule has 0 saturated carbocycles. The molecule has 0 fully saturated rings. The molecular weight excluding hydrogens is 240 g/mol. The number of hydrogen-bond acceptors (Lipinski definition) is 1. The maximum absolute atomic E-state index is 4.39. The molecule has 0 unspecified atom stereocenters. The standard InChI is InChI=1S/C11H19BrN2/c1-4-5-6-7-8-10-11(12)13-9(2)14(10)3/h4-8H2,1-3H3. The first-order valence-electron chi connectivity index (χ1n) is 5.34. The normalized spacial score (nSPS) is 10.9. The number of halogens is 1. The molecule has 1 rings (SSSR count). The largest absolute Gasteiger partial charge is 0.334 e. The van der Waals surface area contributed by atoms with Gasteiger partial charge in [-0.05, 0) is 35.7 Å². The summed E-state index contributed by atoms with van der Waals surface area (Å²) in [6.45, 7) is 4.28. The second-order valence-corrected chi connectivity index (χ2v) is 4.52. The Balaban J connectivity index is 2.49. The van der Waals surface area contributed by atoms with Gasteiger partial charge in [0.05, 0.1) is 5.69 Å². The lowest BCUT2D eigenvalue weighted by Gasteiger charge is -2.03. The average Bonchev–Trinajstić information content (AvgIpc) is 2.38. The molecule has 0 bridgehead atoms. The van der Waals surface area contributed by atoms with Crippen LogP contribution in [-0.4, -0.2) is 9.55 Å². The van der Waals surface area contributed by atoms with Crippen LogP contribution in [0.5, 0.6) is 0 Å². The van der Waals surface area contributed by atoms with Gasteiger partial charge in [0, 0.05) is 7.05 Å². The number of hydrogen-bond donors (Lipinski definition) is 0. The zero-order chi connectivity index (χ0) is 10.6. The Hall–Kier alpha value is -0.310. The van der Waals surface area contributed by atoms with Gasteiger partial charge in [-0.3, -0.25) is 0 Å². The summed E-state index contributed by atoms with van der Waals surface area (Å²) in [5.41, 5.74) is 1.33. The summed E-state index contributed by atoms with van der Waals surface area (Å²) in [5.74, 6) is 1.09. The number of aromatic nitrogens is 2. The average molecular weight is 259 g/mol. The third-order valence-electron chi connectivity index (χ3n) is 2.66. The Bertz CT molecular complexity index is 292. The highest BCUT2D eigenvalue weighted by Crippen LogP contribution is 2.19. The molecular formula is C11H19BrN2. The Labute approximate surface area is 94.9 Å². The second kappa shape index (κ2) is 5.54. The Morgan fingerprint density at radius 3 is 2.50 bits per heavy atom. The van der Waals surface area contributed by atoms with Crippen LogP contribution in [0.1, 0.15) is 44.1 Å². The molecule has 0 spiro atoms. The van der Waals surface area contributed by atoms with Gasteiger partial charge in [0.2, 0.25) is 0 Å². The van der Waals surface area contributed by atoms with Crippen molar-refractivity contribution in [1.82, 2.24) is 9.55 Å². The summed E-state index contributed by atoms with van der Waals surface area (Å²) in [6, 6.07) is 0. The lowest BCUT2D eigenvalue weighted by molar-refractivity contribution is 0.644. The molecule has 0 aromatic carbocycles. The van der Waals surface area contributed by atoms with Crippen molar-refractivity contribution in [2.75, 3.05) is 0 Å². The van der Waals surface area contributed by atoms with E-state index in [2.05, 4.69) is 39.5 Å². The fourth-order valence-electron chi connectivity index (χ4n) is 1.61. The highest BCUT2D eigenvalue weighted by Gasteiger charge is 2.08. The van der Waals surface area contributed by atoms with Gasteiger partial charge >= 0.3 is 0 Å². The van der Waals surface area contributed by atoms with E-state index in [0.717, 1.165) is 16.8 Å². The summed E-state index contributed by atoms with van der Waals surface area (Å²) in [4.78, 5) is 4.39. The highest BCUT2D eigenvalue weighted by molar-refractivity contribution is 9.10. The van der Waals surface area contributed by atoms with Crippen LogP contribution in [0, 0.1) is 6.92 Å². The van der Waals surface area contributed by atoms with Crippen LogP contribution >= 0.6 is 15.9 Å². The smallest absolute Gasteiger partial charge is 0.127 e. The van der Waals surface area contributed by atoms with Gasteiger partial charge < -0.3 is 4.57 Å². The number of aryl methyl sites for hydroxylation is 1. The van der Waals surface area contributed by atoms with E-state index in [0.29, 0.717) is 0 Å². The molecule has 3 heteroatoms. The van der Waals surface area contributed by atoms with E-state index in [9.17, 15) is 0 Å². The van der Waals surface area contributed by atoms with Gasteiger partial charge in [0.1, 0.15) is 10.4 Å². The predicted octanol–water partition coefficient (Wildman–Crippen LogP) is 3.61. The van der Waals surface area contributed by atoms with Crippen molar-refractivity contribution >= 4 is 15.9 Å². The monoisotopic (exact) mass is 258 g/mol. The molecule has 80 valence electrons. The van der Waals surface area contributed by atoms with Gasteiger partial charge in [0.25, 0.3) is 0 Å². The fraction of sp³-hybridized carbons (Fsp3) is 0.727. The van der Waals surface area contributed by atoms with Crippen LogP contribution in [0.25, 0.3) is 0 Å². The maximum Gasteiger partial charge on any atom is 0.127 e. The van der Waals surface area contributed by atoms with E-state index in [1.807, 2.05) is 6.92 Å². The molecule has 1 heterocycles. The molecule has 1 aromatic rings. The van der Waals surface area contributed by atoms with Gasteiger partial charge in [-0.2, -0.15) is 0 Å². The topological polar surface area (TPSA) is 17.8 Å². The Kier molecular flexibility index (Phi) is 4.66. The Morgan fingerprint density at radius 2 is 2.00 bits per heavy atom. The van der Waals surface area contributed by atoms with E-state index < -0.39 is 0 Å². The SMILES string of the molecule is CCCCCCc1c(Br)nc(C)n1C. The number of unbranched alkanes of at least 4 members (excludes halogenated alkanes) is 3. The quantitative estimate of drug-likeness (QED) is 0.738. The molecule has 0 atom stereocenters. The zero-order valence-electron chi connectivity index (χ0n) is 9.31. The van der Waals surface area contributed by atoms with E-state index in [1.54, 1.807) is 0 Å². The third kappa shape index (κ3) is 2.84. The minimum atomic E-state index is 1.02. The van der Waals surface area contributed by atoms with Crippen LogP contribution in [0.4, 0.5) is 0 Å². The molecule has 0 aliphatic heterocycles. The van der Waals surface area contributed by atoms with E-state index in [4.69, 9.17) is 0 Å². The van der Waals surface area contributed by atoms with Gasteiger partial charge in [-0.1, -0.05) is 26.2 Å². The molecule has 0 aliphatic carbocycles. The van der Waals surface area contributed by atoms with Crippen molar-refractivity contribution in [3.05, 3.63) is 16.1 Å². The summed E-state index contributed by atoms with van der Waals surface area (Å²) in [7, 11) is 2.09. The van der Waals surface area contributed by atoms with E-state index in [1.165, 1.54) is 31.4 Å². The summed E-state index contributed by atoms with van der Waals surface area (Å²) in [6.07, 6.45) is 6.37. The van der Waals surface area contributed by atoms with Gasteiger partial charge in [0.15, 0.2) is 0 Å². The molecule has 2 nitrogen and oxygen atoms in total. The number of imidazole rings is 1. The lowest BCUT2D eigenvalue weighted by atomic mass is 10.1. The summed E-state index contributed by atoms with van der Waals surface area (Å²) < 4.78 is 3.20. The van der Waals surface area contributed by atoms with Crippen LogP contribution < -0.4 is 0 Å². The Morgan fingerprint density at radius 1 is 1.29 bits per heavy atom. The van der Waals surface area contributed by atoms with Gasteiger partial charge in [-0.25, -0.2) is 4.98 Å². The highest BCUT2D eigenvalue weighted by atomic mass is 79.9. The fourth-order valence-corrected chi connectivity index (χ4v) is 2.33. The van der Waals surface area contributed by atoms with Crippen LogP contribution in [0.3, 0.4) is 0 Å². The molecule has 1 aromatic heterocycles. The minimum Gasteiger partial charge on any atom is -0.334 e. The first kappa shape index (κ1) is 11.8. The van der Waals surface area contributed by atoms with Crippen LogP contribution in [0.15, 0.2) is 4.60 Å². The van der Waals surface area contributed by atoms with E-state index in [-0.39, 0.29) is 0 Å². The van der Waals surface area contributed by atoms with Crippen molar-refractivity contribution in [1.29, 1.82) is 0 Å². The minimum absolute atomic E-state index is 1.02. The molecule has 0 radical (unpaired) electrons. The molecule has 0 saturated heterocycles. The zero-order valence-corrected chi connectivity index (χ0v) is 10.9. The van der Waals surface area contributed by atoms with E-state index >= 15 is 0 Å². The number of rotatable bonds is 5. The molecule has 0 aliphatic rings. The van der Waals surface area contributed by atoms with Crippen LogP contribution in [-0.2, 0) is 13.5 Å². The second-order valence-electron chi connectivity index (χ2n) is 3.77. The van der Waals surface area contributed by atoms with Crippen LogP contribution in [0.2, 0.25) is 0 Å². The summed E-state index contributed by atoms with van der Waals surface area (Å²) in [5, 5.41) is 0. The number of nitrogens with zero attached hydrogens (tertiary/aromatic N) is 2. The lowest BCUT2D eigenvalue weighted by Crippen LogP contribution is -1.98. The van der Waals surface area contributed by atoms with Crippen molar-refractivity contribution in [2.45, 2.75) is 46.0 Å². The van der Waals surface area contributed by atoms with Crippen molar-refractivity contribution < 1.29 is 0 Å². The molecule has 0 N–H and O–H groups in total. The third-order valence-corrected chi connectivity index (χ3v) is 3.29. The first-order chi connectivity index (χ1) is 6.66. The summed E-state index contributed by atoms with van der Waals surface area (Å²) >= 11 is 3.51. The first-order valence-corrected chi connectivity index (χ1v) is 6.13. The van der Waals surface area contributed by atoms with Crippen molar-refractivity contribution in [3.8, 4) is 0 Å². The maximum atomic E-state index is 4.39.